The molecule has 1 aliphatic rings. The minimum absolute atomic E-state index is 0.323. The van der Waals surface area contributed by atoms with Gasteiger partial charge in [0.15, 0.2) is 0 Å². The van der Waals surface area contributed by atoms with Gasteiger partial charge in [-0.25, -0.2) is 9.97 Å². The van der Waals surface area contributed by atoms with Crippen LogP contribution in [-0.2, 0) is 4.74 Å². The van der Waals surface area contributed by atoms with Gasteiger partial charge in [-0.1, -0.05) is 0 Å². The van der Waals surface area contributed by atoms with E-state index in [9.17, 15) is 0 Å². The standard InChI is InChI=1S/C10H13BrN2OS/c1-6-8(3-4-14-6)15-10-5-9(11)12-7(2)13-10/h5-6,8H,3-4H2,1-2H3. The maximum atomic E-state index is 5.52. The molecule has 0 amide bonds. The van der Waals surface area contributed by atoms with E-state index >= 15 is 0 Å². The van der Waals surface area contributed by atoms with Crippen molar-refractivity contribution in [1.82, 2.24) is 9.97 Å². The van der Waals surface area contributed by atoms with Gasteiger partial charge in [0.05, 0.1) is 6.10 Å². The molecule has 0 saturated carbocycles. The van der Waals surface area contributed by atoms with E-state index < -0.39 is 0 Å². The van der Waals surface area contributed by atoms with Crippen LogP contribution in [0.3, 0.4) is 0 Å². The maximum Gasteiger partial charge on any atom is 0.127 e. The van der Waals surface area contributed by atoms with Crippen molar-refractivity contribution >= 4 is 27.7 Å². The summed E-state index contributed by atoms with van der Waals surface area (Å²) in [5, 5.41) is 1.54. The van der Waals surface area contributed by atoms with Gasteiger partial charge in [0.25, 0.3) is 0 Å². The second kappa shape index (κ2) is 4.80. The van der Waals surface area contributed by atoms with Gasteiger partial charge < -0.3 is 4.74 Å². The normalized spacial score (nSPS) is 25.8. The third-order valence-electron chi connectivity index (χ3n) is 2.36. The molecule has 2 heterocycles. The first-order valence-electron chi connectivity index (χ1n) is 4.94. The summed E-state index contributed by atoms with van der Waals surface area (Å²) in [6.07, 6.45) is 1.43. The van der Waals surface area contributed by atoms with Crippen molar-refractivity contribution in [2.24, 2.45) is 0 Å². The fourth-order valence-electron chi connectivity index (χ4n) is 1.59. The molecule has 0 bridgehead atoms. The van der Waals surface area contributed by atoms with Crippen molar-refractivity contribution in [2.75, 3.05) is 6.61 Å². The quantitative estimate of drug-likeness (QED) is 0.784. The van der Waals surface area contributed by atoms with Gasteiger partial charge >= 0.3 is 0 Å². The Morgan fingerprint density at radius 2 is 2.33 bits per heavy atom. The third-order valence-corrected chi connectivity index (χ3v) is 4.14. The Labute approximate surface area is 102 Å². The first-order chi connectivity index (χ1) is 7.15. The summed E-state index contributed by atoms with van der Waals surface area (Å²) in [5.41, 5.74) is 0. The number of thioether (sulfide) groups is 1. The zero-order valence-electron chi connectivity index (χ0n) is 8.74. The second-order valence-corrected chi connectivity index (χ2v) is 5.67. The van der Waals surface area contributed by atoms with Gasteiger partial charge in [-0.05, 0) is 36.2 Å². The summed E-state index contributed by atoms with van der Waals surface area (Å²) in [5.74, 6) is 0.804. The van der Waals surface area contributed by atoms with Crippen LogP contribution in [0.2, 0.25) is 0 Å². The number of halogens is 1. The number of hydrogen-bond donors (Lipinski definition) is 0. The van der Waals surface area contributed by atoms with E-state index in [2.05, 4.69) is 32.8 Å². The lowest BCUT2D eigenvalue weighted by atomic mass is 10.3. The van der Waals surface area contributed by atoms with Crippen LogP contribution in [0.1, 0.15) is 19.2 Å². The molecule has 0 spiro atoms. The van der Waals surface area contributed by atoms with Crippen molar-refractivity contribution in [3.05, 3.63) is 16.5 Å². The molecular formula is C10H13BrN2OS. The minimum Gasteiger partial charge on any atom is -0.377 e. The summed E-state index contributed by atoms with van der Waals surface area (Å²) in [6, 6.07) is 1.96. The molecule has 82 valence electrons. The molecule has 3 nitrogen and oxygen atoms in total. The Morgan fingerprint density at radius 1 is 1.53 bits per heavy atom. The Morgan fingerprint density at radius 3 is 2.93 bits per heavy atom. The van der Waals surface area contributed by atoms with Crippen molar-refractivity contribution < 1.29 is 4.74 Å². The largest absolute Gasteiger partial charge is 0.377 e. The van der Waals surface area contributed by atoms with Crippen LogP contribution in [0.25, 0.3) is 0 Å². The second-order valence-electron chi connectivity index (χ2n) is 3.60. The number of hydrogen-bond acceptors (Lipinski definition) is 4. The number of aromatic nitrogens is 2. The molecule has 1 aliphatic heterocycles. The highest BCUT2D eigenvalue weighted by atomic mass is 79.9. The molecule has 15 heavy (non-hydrogen) atoms. The summed E-state index contributed by atoms with van der Waals surface area (Å²) < 4.78 is 6.37. The fraction of sp³-hybridized carbons (Fsp3) is 0.600. The first kappa shape index (κ1) is 11.4. The summed E-state index contributed by atoms with van der Waals surface area (Å²) in [7, 11) is 0. The average Bonchev–Trinajstić information content (AvgIpc) is 2.50. The highest BCUT2D eigenvalue weighted by molar-refractivity contribution is 9.10. The Bertz CT molecular complexity index is 341. The van der Waals surface area contributed by atoms with Crippen LogP contribution < -0.4 is 0 Å². The van der Waals surface area contributed by atoms with E-state index in [0.29, 0.717) is 11.4 Å². The van der Waals surface area contributed by atoms with Gasteiger partial charge in [0.1, 0.15) is 15.5 Å². The van der Waals surface area contributed by atoms with Crippen LogP contribution in [0.15, 0.2) is 15.7 Å². The van der Waals surface area contributed by atoms with Gasteiger partial charge in [-0.15, -0.1) is 11.8 Å². The number of nitrogens with zero attached hydrogens (tertiary/aromatic N) is 2. The minimum atomic E-state index is 0.323. The Hall–Kier alpha value is -0.130. The fourth-order valence-corrected chi connectivity index (χ4v) is 3.37. The van der Waals surface area contributed by atoms with Gasteiger partial charge in [0, 0.05) is 17.9 Å². The molecular weight excluding hydrogens is 276 g/mol. The average molecular weight is 289 g/mol. The van der Waals surface area contributed by atoms with E-state index in [1.807, 2.05) is 13.0 Å². The molecule has 0 aliphatic carbocycles. The van der Waals surface area contributed by atoms with E-state index in [0.717, 1.165) is 28.5 Å². The van der Waals surface area contributed by atoms with E-state index in [-0.39, 0.29) is 0 Å². The zero-order valence-corrected chi connectivity index (χ0v) is 11.1. The molecule has 0 N–H and O–H groups in total. The van der Waals surface area contributed by atoms with Gasteiger partial charge in [0.2, 0.25) is 0 Å². The van der Waals surface area contributed by atoms with Gasteiger partial charge in [-0.3, -0.25) is 0 Å². The van der Waals surface area contributed by atoms with E-state index in [1.54, 1.807) is 11.8 Å². The molecule has 2 rings (SSSR count). The van der Waals surface area contributed by atoms with E-state index in [1.165, 1.54) is 0 Å². The smallest absolute Gasteiger partial charge is 0.127 e. The highest BCUT2D eigenvalue weighted by Crippen LogP contribution is 2.32. The molecule has 2 unspecified atom stereocenters. The van der Waals surface area contributed by atoms with Crippen LogP contribution >= 0.6 is 27.7 Å². The van der Waals surface area contributed by atoms with Crippen molar-refractivity contribution in [2.45, 2.75) is 36.6 Å². The number of aryl methyl sites for hydroxylation is 1. The summed E-state index contributed by atoms with van der Waals surface area (Å²) in [6.45, 7) is 4.89. The van der Waals surface area contributed by atoms with Crippen LogP contribution in [0, 0.1) is 6.92 Å². The maximum absolute atomic E-state index is 5.52. The summed E-state index contributed by atoms with van der Waals surface area (Å²) >= 11 is 5.16. The predicted octanol–water partition coefficient (Wildman–Crippen LogP) is 2.82. The lowest BCUT2D eigenvalue weighted by Gasteiger charge is -2.12. The molecule has 1 fully saturated rings. The highest BCUT2D eigenvalue weighted by Gasteiger charge is 2.25. The molecule has 1 saturated heterocycles. The molecule has 0 aromatic carbocycles. The number of rotatable bonds is 2. The molecule has 1 aromatic heterocycles. The Balaban J connectivity index is 2.10. The third kappa shape index (κ3) is 2.92. The van der Waals surface area contributed by atoms with E-state index in [4.69, 9.17) is 4.74 Å². The SMILES string of the molecule is Cc1nc(Br)cc(SC2CCOC2C)n1. The molecule has 5 heteroatoms. The van der Waals surface area contributed by atoms with Gasteiger partial charge in [-0.2, -0.15) is 0 Å². The van der Waals surface area contributed by atoms with Crippen LogP contribution in [0.5, 0.6) is 0 Å². The first-order valence-corrected chi connectivity index (χ1v) is 6.62. The predicted molar refractivity (Wildman–Crippen MR) is 64.1 cm³/mol. The molecule has 0 radical (unpaired) electrons. The monoisotopic (exact) mass is 288 g/mol. The molecule has 2 atom stereocenters. The van der Waals surface area contributed by atoms with Crippen LogP contribution in [0.4, 0.5) is 0 Å². The van der Waals surface area contributed by atoms with Crippen molar-refractivity contribution in [3.8, 4) is 0 Å². The number of ether oxygens (including phenoxy) is 1. The van der Waals surface area contributed by atoms with Crippen LogP contribution in [-0.4, -0.2) is 27.9 Å². The zero-order chi connectivity index (χ0) is 10.8. The Kier molecular flexibility index (Phi) is 3.64. The lowest BCUT2D eigenvalue weighted by Crippen LogP contribution is -2.13. The lowest BCUT2D eigenvalue weighted by molar-refractivity contribution is 0.127. The topological polar surface area (TPSA) is 35.0 Å². The molecule has 1 aromatic rings. The van der Waals surface area contributed by atoms with Crippen molar-refractivity contribution in [1.29, 1.82) is 0 Å². The van der Waals surface area contributed by atoms with Crippen molar-refractivity contribution in [3.63, 3.8) is 0 Å². The summed E-state index contributed by atoms with van der Waals surface area (Å²) in [4.78, 5) is 8.59.